The van der Waals surface area contributed by atoms with Crippen molar-refractivity contribution in [2.45, 2.75) is 149 Å². The Bertz CT molecular complexity index is 3250. The number of amides is 4. The van der Waals surface area contributed by atoms with Gasteiger partial charge in [0, 0.05) is 60.3 Å². The summed E-state index contributed by atoms with van der Waals surface area (Å²) >= 11 is 0. The van der Waals surface area contributed by atoms with Crippen LogP contribution in [-0.2, 0) is 58.6 Å². The molecule has 18 heteroatoms. The molecule has 0 saturated carbocycles. The van der Waals surface area contributed by atoms with Crippen LogP contribution in [0.15, 0.2) is 65.5 Å². The highest BCUT2D eigenvalue weighted by molar-refractivity contribution is 5.94. The highest BCUT2D eigenvalue weighted by Crippen LogP contribution is 2.47. The number of hydrogen-bond donors (Lipinski definition) is 5. The van der Waals surface area contributed by atoms with Gasteiger partial charge in [0.25, 0.3) is 5.56 Å². The monoisotopic (exact) mass is 1070 g/mol. The number of cyclic esters (lactones) is 1. The van der Waals surface area contributed by atoms with Crippen LogP contribution in [0, 0.1) is 24.6 Å². The maximum absolute atomic E-state index is 15.5. The summed E-state index contributed by atoms with van der Waals surface area (Å²) in [5, 5.41) is 23.8. The van der Waals surface area contributed by atoms with Crippen molar-refractivity contribution in [3.05, 3.63) is 121 Å². The molecule has 5 N–H and O–H groups in total. The molecule has 4 amide bonds. The lowest BCUT2D eigenvalue weighted by molar-refractivity contribution is -0.172. The molecule has 5 aromatic rings. The lowest BCUT2D eigenvalue weighted by Crippen LogP contribution is -2.46. The molecule has 9 rings (SSSR count). The van der Waals surface area contributed by atoms with Crippen molar-refractivity contribution in [3.8, 4) is 22.5 Å². The fourth-order valence-corrected chi connectivity index (χ4v) is 11.7. The Labute approximate surface area is 452 Å². The predicted octanol–water partition coefficient (Wildman–Crippen LogP) is 8.36. The van der Waals surface area contributed by atoms with Gasteiger partial charge in [-0.25, -0.2) is 23.8 Å². The molecule has 0 bridgehead atoms. The first-order valence-corrected chi connectivity index (χ1v) is 27.2. The summed E-state index contributed by atoms with van der Waals surface area (Å²) in [4.78, 5) is 99.6. The average molecular weight is 1070 g/mol. The largest absolute Gasteiger partial charge is 0.458 e. The number of fused-ring (bicyclic) bond motifs is 8. The van der Waals surface area contributed by atoms with Crippen LogP contribution in [0.2, 0.25) is 0 Å². The third-order valence-electron chi connectivity index (χ3n) is 15.7. The van der Waals surface area contributed by atoms with Crippen LogP contribution in [0.3, 0.4) is 0 Å². The minimum atomic E-state index is -2.03. The van der Waals surface area contributed by atoms with E-state index < -0.39 is 64.6 Å². The lowest BCUT2D eigenvalue weighted by atomic mass is 9.81. The molecule has 0 radical (unpaired) electrons. The number of nitrogens with zero attached hydrogens (tertiary/aromatic N) is 2. The van der Waals surface area contributed by atoms with Gasteiger partial charge in [-0.2, -0.15) is 0 Å². The normalized spacial score (nSPS) is 17.7. The molecule has 4 heterocycles. The second-order valence-electron chi connectivity index (χ2n) is 22.3. The van der Waals surface area contributed by atoms with E-state index in [2.05, 4.69) is 21.3 Å². The van der Waals surface area contributed by atoms with Gasteiger partial charge in [0.2, 0.25) is 11.8 Å². The van der Waals surface area contributed by atoms with Crippen LogP contribution in [-0.4, -0.2) is 81.8 Å². The maximum atomic E-state index is 15.5. The van der Waals surface area contributed by atoms with Crippen molar-refractivity contribution in [3.63, 3.8) is 0 Å². The van der Waals surface area contributed by atoms with Crippen LogP contribution >= 0.6 is 0 Å². The van der Waals surface area contributed by atoms with Crippen LogP contribution in [0.25, 0.3) is 33.4 Å². The van der Waals surface area contributed by atoms with Crippen molar-refractivity contribution in [1.29, 1.82) is 0 Å². The van der Waals surface area contributed by atoms with E-state index in [1.54, 1.807) is 40.7 Å². The highest BCUT2D eigenvalue weighted by Gasteiger charge is 2.46. The molecule has 2 aromatic heterocycles. The number of rotatable bonds is 19. The molecular weight excluding hydrogens is 1000 g/mol. The average Bonchev–Trinajstić information content (AvgIpc) is 4.15. The van der Waals surface area contributed by atoms with Gasteiger partial charge >= 0.3 is 18.2 Å². The molecule has 0 unspecified atom stereocenters. The van der Waals surface area contributed by atoms with E-state index >= 15 is 4.39 Å². The summed E-state index contributed by atoms with van der Waals surface area (Å²) in [7, 11) is 0. The molecule has 17 nitrogen and oxygen atoms in total. The van der Waals surface area contributed by atoms with Crippen molar-refractivity contribution < 1.29 is 52.5 Å². The number of ketones is 1. The Morgan fingerprint density at radius 1 is 0.923 bits per heavy atom. The summed E-state index contributed by atoms with van der Waals surface area (Å²) in [6.45, 7) is 12.5. The van der Waals surface area contributed by atoms with Gasteiger partial charge in [0.15, 0.2) is 11.4 Å². The summed E-state index contributed by atoms with van der Waals surface area (Å²) in [5.41, 5.74) is 5.21. The first-order valence-electron chi connectivity index (χ1n) is 27.2. The molecule has 4 aliphatic rings. The molecule has 4 atom stereocenters. The van der Waals surface area contributed by atoms with Gasteiger partial charge in [-0.1, -0.05) is 75.7 Å². The van der Waals surface area contributed by atoms with E-state index in [1.807, 2.05) is 62.4 Å². The third kappa shape index (κ3) is 11.0. The van der Waals surface area contributed by atoms with Gasteiger partial charge in [0.05, 0.1) is 41.1 Å². The van der Waals surface area contributed by atoms with Crippen molar-refractivity contribution in [2.24, 2.45) is 11.8 Å². The van der Waals surface area contributed by atoms with Gasteiger partial charge < -0.3 is 45.2 Å². The van der Waals surface area contributed by atoms with Crippen LogP contribution in [0.5, 0.6) is 0 Å². The molecule has 2 aliphatic heterocycles. The summed E-state index contributed by atoms with van der Waals surface area (Å²) in [6.07, 6.45) is 0.926. The lowest BCUT2D eigenvalue weighted by Gasteiger charge is -2.31. The molecule has 412 valence electrons. The molecule has 0 spiro atoms. The smallest absolute Gasteiger partial charge is 0.407 e. The van der Waals surface area contributed by atoms with E-state index in [9.17, 15) is 38.7 Å². The van der Waals surface area contributed by atoms with Gasteiger partial charge in [-0.05, 0) is 117 Å². The number of pyridine rings is 2. The Hall–Kier alpha value is -7.47. The number of unbranched alkanes of at least 4 members (excludes halogenated alkanes) is 1. The third-order valence-corrected chi connectivity index (χ3v) is 15.7. The maximum Gasteiger partial charge on any atom is 0.407 e. The number of carbonyl (C=O) groups is 6. The number of aliphatic hydroxyl groups is 1. The number of alkyl carbamates (subject to hydrolysis) is 2. The Morgan fingerprint density at radius 2 is 1.62 bits per heavy atom. The van der Waals surface area contributed by atoms with E-state index in [0.29, 0.717) is 65.5 Å². The number of benzene rings is 3. The van der Waals surface area contributed by atoms with E-state index in [0.717, 1.165) is 33.4 Å². The topological polar surface area (TPSA) is 233 Å². The Balaban J connectivity index is 0.854. The Kier molecular flexibility index (Phi) is 15.9. The highest BCUT2D eigenvalue weighted by atomic mass is 19.1. The first kappa shape index (κ1) is 55.3. The molecule has 3 aromatic carbocycles. The number of hydrogen-bond acceptors (Lipinski definition) is 12. The number of Topliss-reactive ketones (excluding diaryl/α,β-unsaturated/α-hetero) is 1. The van der Waals surface area contributed by atoms with E-state index in [4.69, 9.17) is 19.2 Å². The van der Waals surface area contributed by atoms with Gasteiger partial charge in [0.1, 0.15) is 24.6 Å². The van der Waals surface area contributed by atoms with Crippen LogP contribution in [0.4, 0.5) is 14.0 Å². The summed E-state index contributed by atoms with van der Waals surface area (Å²) in [6, 6.07) is 17.5. The number of carbonyl (C=O) groups excluding carboxylic acids is 6. The van der Waals surface area contributed by atoms with Crippen LogP contribution in [0.1, 0.15) is 149 Å². The van der Waals surface area contributed by atoms with Crippen molar-refractivity contribution in [2.75, 3.05) is 19.7 Å². The number of halogens is 1. The van der Waals surface area contributed by atoms with Crippen LogP contribution < -0.4 is 26.8 Å². The number of aromatic nitrogens is 2. The van der Waals surface area contributed by atoms with E-state index in [-0.39, 0.29) is 93.2 Å². The zero-order valence-corrected chi connectivity index (χ0v) is 45.4. The van der Waals surface area contributed by atoms with E-state index in [1.165, 1.54) is 10.6 Å². The Morgan fingerprint density at radius 3 is 2.29 bits per heavy atom. The molecule has 0 fully saturated rings. The number of nitrogens with one attached hydrogen (secondary N) is 4. The molecule has 2 aliphatic carbocycles. The second-order valence-corrected chi connectivity index (χ2v) is 22.3. The first-order chi connectivity index (χ1) is 37.2. The molecule has 0 saturated heterocycles. The standard InChI is InChI=1S/C60H69FN6O11/c1-8-60(75)43-27-47-53-40(29-67(47)55(71)42(43)31-76-56(60)72)51-45(23-22-35-33(4)44(61)28-46(65-53)50(35)51)64-49(69)21-15-25-62-54(70)34(16-13-14-24-63-57(73)78-59(5,6)7)26-48(68)52(32(2)3)66-58(74)77-30-41-38-19-11-9-17-36(38)37-18-10-12-20-39(37)41/h9-12,17-20,27-28,32,34,41,45,52,75H,8,13-16,21-26,29-31H2,1-7H3,(H,62,70)(H,63,73)(H,64,69)(H,66,74)/t34-,45+,52+,60+/m1/s1. The minimum absolute atomic E-state index is 0.0257. The minimum Gasteiger partial charge on any atom is -0.458 e. The number of aryl methyl sites for hydroxylation is 1. The fraction of sp³-hybridized carbons (Fsp3) is 0.467. The quantitative estimate of drug-likeness (QED) is 0.0293. The summed E-state index contributed by atoms with van der Waals surface area (Å²) < 4.78 is 33.4. The summed E-state index contributed by atoms with van der Waals surface area (Å²) in [5.74, 6) is -3.62. The van der Waals surface area contributed by atoms with Gasteiger partial charge in [-0.15, -0.1) is 0 Å². The molecular formula is C60H69FN6O11. The second kappa shape index (κ2) is 22.5. The molecule has 78 heavy (non-hydrogen) atoms. The zero-order valence-electron chi connectivity index (χ0n) is 45.4. The zero-order chi connectivity index (χ0) is 55.8. The predicted molar refractivity (Wildman–Crippen MR) is 289 cm³/mol. The van der Waals surface area contributed by atoms with Gasteiger partial charge in [-0.3, -0.25) is 19.2 Å². The number of esters is 1. The SMILES string of the molecule is CC[C@@]1(O)C(=O)OCc2c1cc1n(c2=O)Cc2c-1nc1cc(F)c(C)c3c1c2[C@@H](NC(=O)CCCNC(=O)[C@H](CCCCNC(=O)OC(C)(C)C)CC(=O)[C@@H](NC(=O)OCC1c2ccccc2-c2ccccc21)C(C)C)CC3. The number of ether oxygens (including phenoxy) is 3. The fourth-order valence-electron chi connectivity index (χ4n) is 11.7. The van der Waals surface area contributed by atoms with Crippen molar-refractivity contribution >= 4 is 46.7 Å². The van der Waals surface area contributed by atoms with Crippen molar-refractivity contribution in [1.82, 2.24) is 30.8 Å².